The van der Waals surface area contributed by atoms with Crippen LogP contribution in [0, 0.1) is 10.8 Å². The Kier molecular flexibility index (Phi) is 6.07. The molecule has 1 fully saturated rings. The first-order chi connectivity index (χ1) is 19.0. The standard InChI is InChI=1S/C33H30BrNO5/c1-32(2,3)31(38)28-27(23-17-20(39-4)12-14-25(23)40-5)33(29(36)21-8-6-7-9-22(21)30(33)37)26-15-10-18-16-19(34)11-13-24(18)35(26)28/h6-17,26-28H,1-5H3/t26-,27+,28-/m1/s1. The molecule has 1 saturated heterocycles. The number of carbonyl (C=O) groups excluding carboxylic acids is 3. The Bertz CT molecular complexity index is 1580. The minimum absolute atomic E-state index is 0.0648. The maximum atomic E-state index is 14.7. The van der Waals surface area contributed by atoms with E-state index >= 15 is 0 Å². The van der Waals surface area contributed by atoms with Crippen molar-refractivity contribution in [1.82, 2.24) is 0 Å². The monoisotopic (exact) mass is 599 g/mol. The minimum Gasteiger partial charge on any atom is -0.497 e. The predicted octanol–water partition coefficient (Wildman–Crippen LogP) is 6.51. The van der Waals surface area contributed by atoms with Crippen LogP contribution in [0.15, 0.2) is 71.2 Å². The summed E-state index contributed by atoms with van der Waals surface area (Å²) in [4.78, 5) is 46.1. The van der Waals surface area contributed by atoms with Gasteiger partial charge in [0.15, 0.2) is 17.3 Å². The molecule has 3 aromatic rings. The van der Waals surface area contributed by atoms with Gasteiger partial charge in [-0.15, -0.1) is 0 Å². The summed E-state index contributed by atoms with van der Waals surface area (Å²) in [5.74, 6) is -0.410. The molecule has 1 aliphatic carbocycles. The molecule has 6 nitrogen and oxygen atoms in total. The van der Waals surface area contributed by atoms with Gasteiger partial charge in [0.1, 0.15) is 16.9 Å². The maximum Gasteiger partial charge on any atom is 0.180 e. The molecule has 2 heterocycles. The van der Waals surface area contributed by atoms with E-state index in [-0.39, 0.29) is 17.3 Å². The number of ether oxygens (including phenoxy) is 2. The Morgan fingerprint density at radius 3 is 2.20 bits per heavy atom. The van der Waals surface area contributed by atoms with Crippen molar-refractivity contribution in [3.63, 3.8) is 0 Å². The lowest BCUT2D eigenvalue weighted by atomic mass is 9.63. The van der Waals surface area contributed by atoms with Crippen molar-refractivity contribution in [1.29, 1.82) is 0 Å². The molecule has 204 valence electrons. The zero-order valence-corrected chi connectivity index (χ0v) is 24.6. The van der Waals surface area contributed by atoms with Crippen LogP contribution in [0.1, 0.15) is 58.5 Å². The first kappa shape index (κ1) is 26.5. The molecule has 40 heavy (non-hydrogen) atoms. The van der Waals surface area contributed by atoms with Crippen molar-refractivity contribution in [3.8, 4) is 11.5 Å². The number of fused-ring (bicyclic) bond motifs is 5. The van der Waals surface area contributed by atoms with Crippen LogP contribution in [0.4, 0.5) is 5.69 Å². The number of methoxy groups -OCH3 is 2. The summed E-state index contributed by atoms with van der Waals surface area (Å²) in [6.07, 6.45) is 3.88. The molecular weight excluding hydrogens is 570 g/mol. The van der Waals surface area contributed by atoms with Crippen molar-refractivity contribution in [2.45, 2.75) is 38.8 Å². The van der Waals surface area contributed by atoms with Gasteiger partial charge in [0, 0.05) is 38.2 Å². The highest BCUT2D eigenvalue weighted by atomic mass is 79.9. The van der Waals surface area contributed by atoms with E-state index in [9.17, 15) is 14.4 Å². The number of carbonyl (C=O) groups is 3. The molecule has 0 aromatic heterocycles. The minimum atomic E-state index is -1.59. The molecule has 2 aliphatic heterocycles. The van der Waals surface area contributed by atoms with Gasteiger partial charge in [0.25, 0.3) is 0 Å². The quantitative estimate of drug-likeness (QED) is 0.318. The van der Waals surface area contributed by atoms with Crippen LogP contribution in [0.3, 0.4) is 0 Å². The van der Waals surface area contributed by atoms with Crippen LogP contribution < -0.4 is 14.4 Å². The zero-order valence-electron chi connectivity index (χ0n) is 23.0. The van der Waals surface area contributed by atoms with E-state index in [1.165, 1.54) is 0 Å². The first-order valence-corrected chi connectivity index (χ1v) is 14.1. The third-order valence-corrected chi connectivity index (χ3v) is 9.04. The smallest absolute Gasteiger partial charge is 0.180 e. The highest BCUT2D eigenvalue weighted by Crippen LogP contribution is 2.62. The average molecular weight is 601 g/mol. The number of anilines is 1. The second-order valence-corrected chi connectivity index (χ2v) is 12.5. The number of Topliss-reactive ketones (excluding diaryl/α,β-unsaturated/α-hetero) is 3. The van der Waals surface area contributed by atoms with E-state index in [1.54, 1.807) is 50.6 Å². The molecule has 0 radical (unpaired) electrons. The summed E-state index contributed by atoms with van der Waals surface area (Å²) >= 11 is 3.56. The molecule has 0 N–H and O–H groups in total. The zero-order chi connectivity index (χ0) is 28.6. The fourth-order valence-electron chi connectivity index (χ4n) is 6.82. The molecule has 0 bridgehead atoms. The fourth-order valence-corrected chi connectivity index (χ4v) is 7.20. The lowest BCUT2D eigenvalue weighted by Crippen LogP contribution is -2.49. The summed E-state index contributed by atoms with van der Waals surface area (Å²) in [5.41, 5.74) is 0.728. The number of hydrogen-bond acceptors (Lipinski definition) is 6. The number of halogens is 1. The third-order valence-electron chi connectivity index (χ3n) is 8.55. The van der Waals surface area contributed by atoms with Gasteiger partial charge in [-0.05, 0) is 42.0 Å². The Labute approximate surface area is 242 Å². The molecule has 6 rings (SSSR count). The van der Waals surface area contributed by atoms with Crippen LogP contribution in [0.5, 0.6) is 11.5 Å². The van der Waals surface area contributed by atoms with Crippen molar-refractivity contribution in [2.24, 2.45) is 10.8 Å². The highest BCUT2D eigenvalue weighted by molar-refractivity contribution is 9.10. The van der Waals surface area contributed by atoms with E-state index in [2.05, 4.69) is 15.9 Å². The van der Waals surface area contributed by atoms with Crippen molar-refractivity contribution >= 4 is 45.0 Å². The van der Waals surface area contributed by atoms with E-state index in [0.29, 0.717) is 28.2 Å². The molecule has 0 amide bonds. The third kappa shape index (κ3) is 3.49. The van der Waals surface area contributed by atoms with Crippen LogP contribution >= 0.6 is 15.9 Å². The van der Waals surface area contributed by atoms with E-state index in [0.717, 1.165) is 15.7 Å². The summed E-state index contributed by atoms with van der Waals surface area (Å²) in [6, 6.07) is 16.7. The van der Waals surface area contributed by atoms with Gasteiger partial charge < -0.3 is 14.4 Å². The highest BCUT2D eigenvalue weighted by Gasteiger charge is 2.72. The molecule has 7 heteroatoms. The molecular formula is C33H30BrNO5. The Balaban J connectivity index is 1.74. The van der Waals surface area contributed by atoms with Gasteiger partial charge in [0.05, 0.1) is 26.3 Å². The topological polar surface area (TPSA) is 72.9 Å². The lowest BCUT2D eigenvalue weighted by molar-refractivity contribution is -0.127. The van der Waals surface area contributed by atoms with Gasteiger partial charge in [0.2, 0.25) is 0 Å². The maximum absolute atomic E-state index is 14.7. The fraction of sp³-hybridized carbons (Fsp3) is 0.303. The number of benzene rings is 3. The van der Waals surface area contributed by atoms with Crippen molar-refractivity contribution in [3.05, 3.63) is 93.5 Å². The number of hydrogen-bond donors (Lipinski definition) is 0. The van der Waals surface area contributed by atoms with Gasteiger partial charge >= 0.3 is 0 Å². The van der Waals surface area contributed by atoms with Gasteiger partial charge in [-0.2, -0.15) is 0 Å². The van der Waals surface area contributed by atoms with Gasteiger partial charge in [-0.25, -0.2) is 0 Å². The number of rotatable bonds is 4. The van der Waals surface area contributed by atoms with E-state index in [4.69, 9.17) is 9.47 Å². The van der Waals surface area contributed by atoms with E-state index < -0.39 is 28.8 Å². The molecule has 3 aliphatic rings. The predicted molar refractivity (Wildman–Crippen MR) is 158 cm³/mol. The molecule has 3 atom stereocenters. The number of ketones is 3. The second kappa shape index (κ2) is 9.16. The summed E-state index contributed by atoms with van der Waals surface area (Å²) in [7, 11) is 3.12. The number of nitrogens with zero attached hydrogens (tertiary/aromatic N) is 1. The average Bonchev–Trinajstić information content (AvgIpc) is 3.37. The molecule has 1 spiro atoms. The largest absolute Gasteiger partial charge is 0.497 e. The lowest BCUT2D eigenvalue weighted by Gasteiger charge is -2.38. The van der Waals surface area contributed by atoms with Gasteiger partial charge in [-0.3, -0.25) is 14.4 Å². The molecule has 0 saturated carbocycles. The van der Waals surface area contributed by atoms with Crippen LogP contribution in [-0.2, 0) is 4.79 Å². The first-order valence-electron chi connectivity index (χ1n) is 13.3. The Morgan fingerprint density at radius 2 is 1.60 bits per heavy atom. The molecule has 3 aromatic carbocycles. The summed E-state index contributed by atoms with van der Waals surface area (Å²) < 4.78 is 12.3. The van der Waals surface area contributed by atoms with Crippen molar-refractivity contribution < 1.29 is 23.9 Å². The van der Waals surface area contributed by atoms with Gasteiger partial charge in [-0.1, -0.05) is 73.1 Å². The molecule has 0 unspecified atom stereocenters. The SMILES string of the molecule is COc1ccc(OC)c([C@H]2[C@H](C(=O)C(C)(C)C)N3c4ccc(Br)cc4C=C[C@@H]3C23C(=O)c2ccccc2C3=O)c1. The normalized spacial score (nSPS) is 22.2. The Morgan fingerprint density at radius 1 is 0.925 bits per heavy atom. The second-order valence-electron chi connectivity index (χ2n) is 11.6. The van der Waals surface area contributed by atoms with Crippen LogP contribution in [0.25, 0.3) is 6.08 Å². The van der Waals surface area contributed by atoms with Crippen molar-refractivity contribution in [2.75, 3.05) is 19.1 Å². The van der Waals surface area contributed by atoms with Crippen LogP contribution in [0.2, 0.25) is 0 Å². The summed E-state index contributed by atoms with van der Waals surface area (Å²) in [5, 5.41) is 0. The summed E-state index contributed by atoms with van der Waals surface area (Å²) in [6.45, 7) is 5.64. The Hall–Kier alpha value is -3.71. The van der Waals surface area contributed by atoms with Crippen LogP contribution in [-0.4, -0.2) is 43.7 Å². The van der Waals surface area contributed by atoms with E-state index in [1.807, 2.05) is 62.1 Å².